The predicted octanol–water partition coefficient (Wildman–Crippen LogP) is 2.41. The molecule has 2 nitrogen and oxygen atoms in total. The smallest absolute Gasteiger partial charge is 0.146 e. The van der Waals surface area contributed by atoms with E-state index in [1.54, 1.807) is 0 Å². The van der Waals surface area contributed by atoms with Crippen LogP contribution >= 0.6 is 0 Å². The Morgan fingerprint density at radius 2 is 2.33 bits per heavy atom. The average Bonchev–Trinajstić information content (AvgIpc) is 2.24. The highest BCUT2D eigenvalue weighted by atomic mass is 19.1. The lowest BCUT2D eigenvalue weighted by atomic mass is 9.97. The van der Waals surface area contributed by atoms with E-state index in [1.165, 1.54) is 6.07 Å². The largest absolute Gasteiger partial charge is 0.356 e. The van der Waals surface area contributed by atoms with Gasteiger partial charge >= 0.3 is 0 Å². The number of benzene rings is 1. The number of nitriles is 1. The van der Waals surface area contributed by atoms with E-state index in [0.29, 0.717) is 5.69 Å². The molecule has 2 rings (SSSR count). The molecule has 0 bridgehead atoms. The molecule has 1 aliphatic rings. The molecule has 0 saturated heterocycles. The third kappa shape index (κ3) is 1.68. The zero-order valence-electron chi connectivity index (χ0n) is 8.76. The molecule has 15 heavy (non-hydrogen) atoms. The fourth-order valence-electron chi connectivity index (χ4n) is 2.17. The van der Waals surface area contributed by atoms with E-state index in [0.717, 1.165) is 30.5 Å². The van der Waals surface area contributed by atoms with Crippen LogP contribution in [-0.2, 0) is 6.42 Å². The Morgan fingerprint density at radius 1 is 1.53 bits per heavy atom. The molecule has 78 valence electrons. The first-order valence-corrected chi connectivity index (χ1v) is 5.14. The lowest BCUT2D eigenvalue weighted by Crippen LogP contribution is -2.31. The molecule has 0 fully saturated rings. The number of fused-ring (bicyclic) bond motifs is 1. The molecule has 0 atom stereocenters. The van der Waals surface area contributed by atoms with Gasteiger partial charge in [0.15, 0.2) is 0 Å². The molecule has 0 unspecified atom stereocenters. The molecule has 1 aromatic rings. The molecule has 0 aromatic heterocycles. The van der Waals surface area contributed by atoms with Gasteiger partial charge in [-0.15, -0.1) is 0 Å². The molecule has 0 radical (unpaired) electrons. The van der Waals surface area contributed by atoms with Crippen LogP contribution in [-0.4, -0.2) is 13.1 Å². The zero-order chi connectivity index (χ0) is 10.8. The monoisotopic (exact) mass is 204 g/mol. The Balaban J connectivity index is 2.50. The molecule has 1 heterocycles. The molecular weight excluding hydrogens is 191 g/mol. The van der Waals surface area contributed by atoms with Crippen LogP contribution in [0.15, 0.2) is 12.1 Å². The van der Waals surface area contributed by atoms with Crippen molar-refractivity contribution in [2.75, 3.05) is 18.0 Å². The first kappa shape index (κ1) is 9.97. The summed E-state index contributed by atoms with van der Waals surface area (Å²) in [6.45, 7) is 3.04. The molecule has 0 spiro atoms. The Hall–Kier alpha value is -1.56. The number of anilines is 1. The molecule has 0 saturated carbocycles. The van der Waals surface area contributed by atoms with Crippen LogP contribution in [0.25, 0.3) is 0 Å². The Bertz CT molecular complexity index is 420. The average molecular weight is 204 g/mol. The lowest BCUT2D eigenvalue weighted by Gasteiger charge is -2.30. The molecule has 1 aliphatic heterocycles. The summed E-state index contributed by atoms with van der Waals surface area (Å²) in [6, 6.07) is 5.38. The second-order valence-corrected chi connectivity index (χ2v) is 3.87. The fourth-order valence-corrected chi connectivity index (χ4v) is 2.17. The summed E-state index contributed by atoms with van der Waals surface area (Å²) in [5.41, 5.74) is 2.83. The molecule has 1 aromatic carbocycles. The molecule has 0 N–H and O–H groups in total. The first-order valence-electron chi connectivity index (χ1n) is 5.14. The normalized spacial score (nSPS) is 14.6. The molecule has 0 amide bonds. The Kier molecular flexibility index (Phi) is 2.59. The maximum atomic E-state index is 13.7. The van der Waals surface area contributed by atoms with Gasteiger partial charge in [-0.3, -0.25) is 0 Å². The van der Waals surface area contributed by atoms with Crippen LogP contribution < -0.4 is 4.90 Å². The minimum atomic E-state index is -0.203. The summed E-state index contributed by atoms with van der Waals surface area (Å²) in [7, 11) is 0. The minimum Gasteiger partial charge on any atom is -0.356 e. The van der Waals surface area contributed by atoms with Gasteiger partial charge in [-0.2, -0.15) is 5.26 Å². The number of hydrogen-bond donors (Lipinski definition) is 0. The summed E-state index contributed by atoms with van der Waals surface area (Å²) < 4.78 is 13.7. The summed E-state index contributed by atoms with van der Waals surface area (Å²) in [6.07, 6.45) is 1.92. The van der Waals surface area contributed by atoms with E-state index in [9.17, 15) is 4.39 Å². The zero-order valence-corrected chi connectivity index (χ0v) is 8.76. The van der Waals surface area contributed by atoms with Crippen molar-refractivity contribution in [3.8, 4) is 6.07 Å². The van der Waals surface area contributed by atoms with E-state index in [4.69, 9.17) is 5.26 Å². The van der Waals surface area contributed by atoms with Crippen molar-refractivity contribution in [3.63, 3.8) is 0 Å². The molecular formula is C12H13FN2. The highest BCUT2D eigenvalue weighted by Crippen LogP contribution is 2.31. The maximum Gasteiger partial charge on any atom is 0.146 e. The maximum absolute atomic E-state index is 13.7. The van der Waals surface area contributed by atoms with E-state index >= 15 is 0 Å². The van der Waals surface area contributed by atoms with Gasteiger partial charge in [0.2, 0.25) is 0 Å². The van der Waals surface area contributed by atoms with Crippen LogP contribution in [0.3, 0.4) is 0 Å². The van der Waals surface area contributed by atoms with Crippen molar-refractivity contribution in [1.29, 1.82) is 5.26 Å². The summed E-state index contributed by atoms with van der Waals surface area (Å²) >= 11 is 0. The third-order valence-corrected chi connectivity index (χ3v) is 2.90. The number of aryl methyl sites for hydroxylation is 1. The van der Waals surface area contributed by atoms with Crippen molar-refractivity contribution in [1.82, 2.24) is 0 Å². The standard InChI is InChI=1S/C12H13FN2/c1-9-4-5-11(13)12-10(9)3-2-7-15(12)8-6-14/h4-5H,2-3,7-8H2,1H3. The van der Waals surface area contributed by atoms with E-state index in [-0.39, 0.29) is 12.4 Å². The summed E-state index contributed by atoms with van der Waals surface area (Å²) in [5.74, 6) is -0.203. The van der Waals surface area contributed by atoms with E-state index in [2.05, 4.69) is 6.07 Å². The van der Waals surface area contributed by atoms with Crippen LogP contribution in [0.1, 0.15) is 17.5 Å². The Labute approximate surface area is 88.9 Å². The minimum absolute atomic E-state index is 0.203. The van der Waals surface area contributed by atoms with Crippen LogP contribution in [0, 0.1) is 24.1 Å². The Morgan fingerprint density at radius 3 is 3.07 bits per heavy atom. The highest BCUT2D eigenvalue weighted by Gasteiger charge is 2.21. The first-order chi connectivity index (χ1) is 7.24. The second-order valence-electron chi connectivity index (χ2n) is 3.87. The number of hydrogen-bond acceptors (Lipinski definition) is 2. The quantitative estimate of drug-likeness (QED) is 0.657. The van der Waals surface area contributed by atoms with Gasteiger partial charge in [-0.05, 0) is 37.0 Å². The number of halogens is 1. The number of rotatable bonds is 1. The number of nitrogens with zero attached hydrogens (tertiary/aromatic N) is 2. The fraction of sp³-hybridized carbons (Fsp3) is 0.417. The van der Waals surface area contributed by atoms with Gasteiger partial charge in [0.25, 0.3) is 0 Å². The van der Waals surface area contributed by atoms with Gasteiger partial charge < -0.3 is 4.90 Å². The van der Waals surface area contributed by atoms with Gasteiger partial charge in [-0.1, -0.05) is 6.07 Å². The van der Waals surface area contributed by atoms with Crippen LogP contribution in [0.2, 0.25) is 0 Å². The van der Waals surface area contributed by atoms with E-state index < -0.39 is 0 Å². The topological polar surface area (TPSA) is 27.0 Å². The third-order valence-electron chi connectivity index (χ3n) is 2.90. The van der Waals surface area contributed by atoms with Crippen LogP contribution in [0.5, 0.6) is 0 Å². The highest BCUT2D eigenvalue weighted by molar-refractivity contribution is 5.59. The van der Waals surface area contributed by atoms with Gasteiger partial charge in [0.1, 0.15) is 12.4 Å². The van der Waals surface area contributed by atoms with Crippen molar-refractivity contribution in [3.05, 3.63) is 29.1 Å². The summed E-state index contributed by atoms with van der Waals surface area (Å²) in [5, 5.41) is 8.69. The lowest BCUT2D eigenvalue weighted by molar-refractivity contribution is 0.602. The predicted molar refractivity (Wildman–Crippen MR) is 57.3 cm³/mol. The van der Waals surface area contributed by atoms with Crippen molar-refractivity contribution < 1.29 is 4.39 Å². The second kappa shape index (κ2) is 3.90. The molecule has 0 aliphatic carbocycles. The summed E-state index contributed by atoms with van der Waals surface area (Å²) in [4.78, 5) is 1.83. The van der Waals surface area contributed by atoms with Gasteiger partial charge in [0, 0.05) is 6.54 Å². The SMILES string of the molecule is Cc1ccc(F)c2c1CCCN2CC#N. The van der Waals surface area contributed by atoms with Gasteiger partial charge in [0.05, 0.1) is 11.8 Å². The van der Waals surface area contributed by atoms with Crippen LogP contribution in [0.4, 0.5) is 10.1 Å². The van der Waals surface area contributed by atoms with Gasteiger partial charge in [-0.25, -0.2) is 4.39 Å². The molecule has 3 heteroatoms. The van der Waals surface area contributed by atoms with Crippen molar-refractivity contribution in [2.45, 2.75) is 19.8 Å². The van der Waals surface area contributed by atoms with Crippen molar-refractivity contribution >= 4 is 5.69 Å². The van der Waals surface area contributed by atoms with E-state index in [1.807, 2.05) is 17.9 Å². The van der Waals surface area contributed by atoms with Crippen molar-refractivity contribution in [2.24, 2.45) is 0 Å².